The van der Waals surface area contributed by atoms with Gasteiger partial charge in [-0.1, -0.05) is 5.16 Å². The van der Waals surface area contributed by atoms with E-state index in [9.17, 15) is 8.42 Å². The zero-order valence-corrected chi connectivity index (χ0v) is 16.2. The van der Waals surface area contributed by atoms with Gasteiger partial charge in [0.25, 0.3) is 16.1 Å². The van der Waals surface area contributed by atoms with Crippen molar-refractivity contribution in [1.29, 1.82) is 0 Å². The van der Waals surface area contributed by atoms with Crippen molar-refractivity contribution in [3.05, 3.63) is 30.4 Å². The molecule has 4 rings (SSSR count). The third kappa shape index (κ3) is 3.27. The Hall–Kier alpha value is -1.88. The summed E-state index contributed by atoms with van der Waals surface area (Å²) in [6.07, 6.45) is 4.89. The summed E-state index contributed by atoms with van der Waals surface area (Å²) in [7, 11) is -0.409. The standard InChI is InChI=1S/C17H23N5O4S/c1-21(2)27(23,24)22-11-14(17(12-22)5-8-25-9-6-17)15-19-16(26-20-15)13-4-3-7-18-10-13/h3-4,7,10,14H,5-6,8-9,11-12H2,1-2H3. The summed E-state index contributed by atoms with van der Waals surface area (Å²) in [5, 5.41) is 4.20. The lowest BCUT2D eigenvalue weighted by atomic mass is 9.72. The van der Waals surface area contributed by atoms with Crippen LogP contribution in [0, 0.1) is 5.41 Å². The van der Waals surface area contributed by atoms with Crippen molar-refractivity contribution in [3.8, 4) is 11.5 Å². The van der Waals surface area contributed by atoms with Gasteiger partial charge in [0.1, 0.15) is 0 Å². The largest absolute Gasteiger partial charge is 0.381 e. The van der Waals surface area contributed by atoms with E-state index in [-0.39, 0.29) is 11.3 Å². The number of aromatic nitrogens is 3. The fourth-order valence-electron chi connectivity index (χ4n) is 3.95. The van der Waals surface area contributed by atoms with E-state index in [4.69, 9.17) is 9.26 Å². The van der Waals surface area contributed by atoms with E-state index in [2.05, 4.69) is 15.1 Å². The molecule has 2 aromatic heterocycles. The van der Waals surface area contributed by atoms with E-state index < -0.39 is 10.2 Å². The van der Waals surface area contributed by atoms with E-state index >= 15 is 0 Å². The number of hydrogen-bond acceptors (Lipinski definition) is 7. The average molecular weight is 393 g/mol. The molecule has 0 aromatic carbocycles. The second kappa shape index (κ2) is 6.93. The molecule has 4 heterocycles. The molecule has 0 radical (unpaired) electrons. The van der Waals surface area contributed by atoms with Crippen LogP contribution in [0.1, 0.15) is 24.6 Å². The van der Waals surface area contributed by atoms with Gasteiger partial charge in [0.15, 0.2) is 5.82 Å². The molecule has 1 atom stereocenters. The monoisotopic (exact) mass is 393 g/mol. The van der Waals surface area contributed by atoms with Crippen molar-refractivity contribution in [2.24, 2.45) is 5.41 Å². The molecular weight excluding hydrogens is 370 g/mol. The Balaban J connectivity index is 1.68. The first-order valence-electron chi connectivity index (χ1n) is 8.92. The molecule has 0 N–H and O–H groups in total. The third-order valence-electron chi connectivity index (χ3n) is 5.55. The first-order valence-corrected chi connectivity index (χ1v) is 10.3. The molecule has 0 aliphatic carbocycles. The lowest BCUT2D eigenvalue weighted by Gasteiger charge is -2.36. The SMILES string of the molecule is CN(C)S(=O)(=O)N1CC(c2noc(-c3cccnc3)n2)C2(CCOCC2)C1. The molecular formula is C17H23N5O4S. The van der Waals surface area contributed by atoms with Crippen molar-refractivity contribution in [1.82, 2.24) is 23.7 Å². The Morgan fingerprint density at radius 1 is 1.30 bits per heavy atom. The minimum Gasteiger partial charge on any atom is -0.381 e. The Kier molecular flexibility index (Phi) is 4.75. The lowest BCUT2D eigenvalue weighted by molar-refractivity contribution is 0.0131. The summed E-state index contributed by atoms with van der Waals surface area (Å²) in [5.74, 6) is 0.812. The van der Waals surface area contributed by atoms with E-state index in [0.29, 0.717) is 38.0 Å². The zero-order valence-electron chi connectivity index (χ0n) is 15.4. The van der Waals surface area contributed by atoms with Crippen molar-refractivity contribution in [2.45, 2.75) is 18.8 Å². The summed E-state index contributed by atoms with van der Waals surface area (Å²) in [5.41, 5.74) is 0.505. The Morgan fingerprint density at radius 3 is 2.74 bits per heavy atom. The highest BCUT2D eigenvalue weighted by molar-refractivity contribution is 7.86. The predicted octanol–water partition coefficient (Wildman–Crippen LogP) is 1.13. The molecule has 146 valence electrons. The summed E-state index contributed by atoms with van der Waals surface area (Å²) in [6, 6.07) is 3.66. The molecule has 2 aliphatic rings. The van der Waals surface area contributed by atoms with Crippen LogP contribution in [0.4, 0.5) is 0 Å². The number of hydrogen-bond donors (Lipinski definition) is 0. The van der Waals surface area contributed by atoms with Gasteiger partial charge in [-0.2, -0.15) is 22.0 Å². The fraction of sp³-hybridized carbons (Fsp3) is 0.588. The van der Waals surface area contributed by atoms with Crippen molar-refractivity contribution in [3.63, 3.8) is 0 Å². The van der Waals surface area contributed by atoms with Crippen molar-refractivity contribution in [2.75, 3.05) is 40.4 Å². The van der Waals surface area contributed by atoms with E-state index in [1.807, 2.05) is 6.07 Å². The fourth-order valence-corrected chi connectivity index (χ4v) is 5.17. The van der Waals surface area contributed by atoms with Gasteiger partial charge in [-0.25, -0.2) is 0 Å². The molecule has 2 aromatic rings. The summed E-state index contributed by atoms with van der Waals surface area (Å²) < 4.78 is 39.2. The van der Waals surface area contributed by atoms with Crippen LogP contribution in [-0.4, -0.2) is 72.6 Å². The number of ether oxygens (including phenoxy) is 1. The summed E-state index contributed by atoms with van der Waals surface area (Å²) in [6.45, 7) is 2.00. The molecule has 0 bridgehead atoms. The van der Waals surface area contributed by atoms with Gasteiger partial charge >= 0.3 is 0 Å². The second-order valence-corrected chi connectivity index (χ2v) is 9.45. The van der Waals surface area contributed by atoms with Gasteiger partial charge in [0, 0.05) is 58.7 Å². The summed E-state index contributed by atoms with van der Waals surface area (Å²) >= 11 is 0. The van der Waals surface area contributed by atoms with Crippen molar-refractivity contribution < 1.29 is 17.7 Å². The van der Waals surface area contributed by atoms with Gasteiger partial charge in [0.2, 0.25) is 0 Å². The number of nitrogens with zero attached hydrogens (tertiary/aromatic N) is 5. The van der Waals surface area contributed by atoms with Crippen LogP contribution in [0.15, 0.2) is 29.0 Å². The van der Waals surface area contributed by atoms with Crippen molar-refractivity contribution >= 4 is 10.2 Å². The van der Waals surface area contributed by atoms with Gasteiger partial charge in [-0.05, 0) is 30.4 Å². The molecule has 10 heteroatoms. The normalized spacial score (nSPS) is 23.3. The van der Waals surface area contributed by atoms with E-state index in [1.165, 1.54) is 8.61 Å². The quantitative estimate of drug-likeness (QED) is 0.767. The maximum absolute atomic E-state index is 12.7. The van der Waals surface area contributed by atoms with Gasteiger partial charge < -0.3 is 9.26 Å². The highest BCUT2D eigenvalue weighted by Crippen LogP contribution is 2.49. The molecule has 2 aliphatic heterocycles. The zero-order chi connectivity index (χ0) is 19.1. The molecule has 9 nitrogen and oxygen atoms in total. The number of rotatable bonds is 4. The molecule has 2 fully saturated rings. The van der Waals surface area contributed by atoms with E-state index in [1.54, 1.807) is 32.6 Å². The van der Waals surface area contributed by atoms with Gasteiger partial charge in [-0.3, -0.25) is 4.98 Å². The maximum Gasteiger partial charge on any atom is 0.281 e. The Morgan fingerprint density at radius 2 is 2.07 bits per heavy atom. The van der Waals surface area contributed by atoms with Crippen LogP contribution < -0.4 is 0 Å². The molecule has 0 saturated carbocycles. The summed E-state index contributed by atoms with van der Waals surface area (Å²) in [4.78, 5) is 8.66. The molecule has 1 unspecified atom stereocenters. The smallest absolute Gasteiger partial charge is 0.281 e. The van der Waals surface area contributed by atoms with Gasteiger partial charge in [0.05, 0.1) is 5.56 Å². The van der Waals surface area contributed by atoms with Crippen LogP contribution in [-0.2, 0) is 14.9 Å². The topological polar surface area (TPSA) is 102 Å². The molecule has 1 spiro atoms. The Bertz CT molecular complexity index is 893. The second-order valence-electron chi connectivity index (χ2n) is 7.31. The number of pyridine rings is 1. The van der Waals surface area contributed by atoms with E-state index in [0.717, 1.165) is 18.4 Å². The Labute approximate surface area is 158 Å². The lowest BCUT2D eigenvalue weighted by Crippen LogP contribution is -2.41. The van der Waals surface area contributed by atoms with Crippen LogP contribution in [0.25, 0.3) is 11.5 Å². The molecule has 2 saturated heterocycles. The van der Waals surface area contributed by atoms with Gasteiger partial charge in [-0.15, -0.1) is 0 Å². The minimum absolute atomic E-state index is 0.134. The first kappa shape index (κ1) is 18.5. The minimum atomic E-state index is -3.51. The van der Waals surface area contributed by atoms with Crippen LogP contribution in [0.5, 0.6) is 0 Å². The highest BCUT2D eigenvalue weighted by Gasteiger charge is 2.53. The van der Waals surface area contributed by atoms with Crippen LogP contribution >= 0.6 is 0 Å². The van der Waals surface area contributed by atoms with Crippen LogP contribution in [0.3, 0.4) is 0 Å². The predicted molar refractivity (Wildman–Crippen MR) is 96.9 cm³/mol. The highest BCUT2D eigenvalue weighted by atomic mass is 32.2. The first-order chi connectivity index (χ1) is 12.9. The van der Waals surface area contributed by atoms with Crippen LogP contribution in [0.2, 0.25) is 0 Å². The molecule has 0 amide bonds. The molecule has 27 heavy (non-hydrogen) atoms. The third-order valence-corrected chi connectivity index (χ3v) is 7.41. The maximum atomic E-state index is 12.7. The average Bonchev–Trinajstić information content (AvgIpc) is 3.28.